The van der Waals surface area contributed by atoms with Gasteiger partial charge in [0.15, 0.2) is 11.6 Å². The number of aromatic nitrogens is 2. The van der Waals surface area contributed by atoms with Crippen LogP contribution in [0.25, 0.3) is 17.5 Å². The SMILES string of the molecule is Cc1ccc(CC(=O)N2C=Cn3c(nc(-c4ccc(F)c(F)c4)c3Nc3ccc(C)cc3)C2)cc1. The first kappa shape index (κ1) is 22.5. The summed E-state index contributed by atoms with van der Waals surface area (Å²) >= 11 is 0. The van der Waals surface area contributed by atoms with Crippen LogP contribution in [0.2, 0.25) is 0 Å². The molecule has 2 heterocycles. The third-order valence-corrected chi connectivity index (χ3v) is 6.00. The molecule has 0 aliphatic carbocycles. The fourth-order valence-corrected chi connectivity index (χ4v) is 3.99. The van der Waals surface area contributed by atoms with E-state index in [-0.39, 0.29) is 18.9 Å². The van der Waals surface area contributed by atoms with E-state index in [2.05, 4.69) is 5.32 Å². The van der Waals surface area contributed by atoms with Crippen molar-refractivity contribution in [2.45, 2.75) is 26.8 Å². The number of hydrogen-bond acceptors (Lipinski definition) is 3. The van der Waals surface area contributed by atoms with Crippen LogP contribution >= 0.6 is 0 Å². The maximum atomic E-state index is 14.1. The quantitative estimate of drug-likeness (QED) is 0.378. The number of hydrogen-bond donors (Lipinski definition) is 1. The molecule has 7 heteroatoms. The second-order valence-electron chi connectivity index (χ2n) is 8.70. The molecule has 176 valence electrons. The molecule has 0 spiro atoms. The molecule has 5 nitrogen and oxygen atoms in total. The lowest BCUT2D eigenvalue weighted by Gasteiger charge is -2.23. The average Bonchev–Trinajstić information content (AvgIpc) is 3.21. The highest BCUT2D eigenvalue weighted by Crippen LogP contribution is 2.34. The molecule has 0 saturated heterocycles. The van der Waals surface area contributed by atoms with Gasteiger partial charge in [-0.25, -0.2) is 13.8 Å². The summed E-state index contributed by atoms with van der Waals surface area (Å²) in [6, 6.07) is 19.4. The summed E-state index contributed by atoms with van der Waals surface area (Å²) in [5, 5.41) is 3.36. The second kappa shape index (κ2) is 9.18. The third-order valence-electron chi connectivity index (χ3n) is 6.00. The zero-order chi connectivity index (χ0) is 24.5. The molecule has 1 amide bonds. The molecule has 1 aromatic heterocycles. The molecule has 3 aromatic carbocycles. The number of anilines is 2. The minimum Gasteiger partial charge on any atom is -0.339 e. The van der Waals surface area contributed by atoms with Crippen LogP contribution in [-0.2, 0) is 17.8 Å². The maximum absolute atomic E-state index is 14.1. The Morgan fingerprint density at radius 2 is 1.60 bits per heavy atom. The maximum Gasteiger partial charge on any atom is 0.231 e. The lowest BCUT2D eigenvalue weighted by Crippen LogP contribution is -2.30. The van der Waals surface area contributed by atoms with E-state index in [1.165, 1.54) is 6.07 Å². The van der Waals surface area contributed by atoms with E-state index >= 15 is 0 Å². The van der Waals surface area contributed by atoms with Gasteiger partial charge < -0.3 is 10.2 Å². The predicted octanol–water partition coefficient (Wildman–Crippen LogP) is 6.20. The van der Waals surface area contributed by atoms with Crippen molar-refractivity contribution in [3.8, 4) is 11.3 Å². The van der Waals surface area contributed by atoms with E-state index < -0.39 is 11.6 Å². The van der Waals surface area contributed by atoms with Gasteiger partial charge >= 0.3 is 0 Å². The largest absolute Gasteiger partial charge is 0.339 e. The summed E-state index contributed by atoms with van der Waals surface area (Å²) < 4.78 is 29.5. The van der Waals surface area contributed by atoms with Crippen LogP contribution < -0.4 is 5.32 Å². The second-order valence-corrected chi connectivity index (χ2v) is 8.70. The number of nitrogens with zero attached hydrogens (tertiary/aromatic N) is 3. The van der Waals surface area contributed by atoms with Crippen LogP contribution in [0.15, 0.2) is 72.9 Å². The molecule has 0 atom stereocenters. The van der Waals surface area contributed by atoms with E-state index in [9.17, 15) is 13.6 Å². The van der Waals surface area contributed by atoms with Crippen molar-refractivity contribution in [2.75, 3.05) is 5.32 Å². The topological polar surface area (TPSA) is 50.2 Å². The molecule has 1 aliphatic rings. The van der Waals surface area contributed by atoms with Crippen LogP contribution in [0.4, 0.5) is 20.3 Å². The van der Waals surface area contributed by atoms with Crippen molar-refractivity contribution in [3.63, 3.8) is 0 Å². The first-order chi connectivity index (χ1) is 16.9. The van der Waals surface area contributed by atoms with Gasteiger partial charge in [-0.2, -0.15) is 0 Å². The van der Waals surface area contributed by atoms with Gasteiger partial charge in [0.2, 0.25) is 5.91 Å². The lowest BCUT2D eigenvalue weighted by molar-refractivity contribution is -0.128. The number of halogens is 2. The molecule has 0 bridgehead atoms. The van der Waals surface area contributed by atoms with Gasteiger partial charge in [-0.05, 0) is 49.7 Å². The Morgan fingerprint density at radius 3 is 2.29 bits per heavy atom. The summed E-state index contributed by atoms with van der Waals surface area (Å²) in [7, 11) is 0. The normalized spacial score (nSPS) is 12.5. The molecule has 0 unspecified atom stereocenters. The summed E-state index contributed by atoms with van der Waals surface area (Å²) in [4.78, 5) is 19.3. The summed E-state index contributed by atoms with van der Waals surface area (Å²) in [5.41, 5.74) is 4.93. The molecular formula is C28H24F2N4O. The number of imidazole rings is 1. The molecule has 5 rings (SSSR count). The highest BCUT2D eigenvalue weighted by atomic mass is 19.2. The van der Waals surface area contributed by atoms with Gasteiger partial charge in [0.25, 0.3) is 0 Å². The van der Waals surface area contributed by atoms with Crippen LogP contribution in [0.3, 0.4) is 0 Å². The fourth-order valence-electron chi connectivity index (χ4n) is 3.99. The molecule has 35 heavy (non-hydrogen) atoms. The highest BCUT2D eigenvalue weighted by Gasteiger charge is 2.25. The minimum absolute atomic E-state index is 0.0539. The summed E-state index contributed by atoms with van der Waals surface area (Å²) in [5.74, 6) is -0.698. The van der Waals surface area contributed by atoms with Crippen LogP contribution in [0.1, 0.15) is 22.5 Å². The monoisotopic (exact) mass is 470 g/mol. The van der Waals surface area contributed by atoms with Crippen LogP contribution in [-0.4, -0.2) is 20.4 Å². The number of carbonyl (C=O) groups is 1. The standard InChI is InChI=1S/C28H24F2N4O/c1-18-3-7-20(8-4-18)15-26(35)33-13-14-34-25(17-33)32-27(21-9-12-23(29)24(30)16-21)28(34)31-22-10-5-19(2)6-11-22/h3-14,16,31H,15,17H2,1-2H3. The number of rotatable bonds is 5. The molecule has 4 aromatic rings. The van der Waals surface area contributed by atoms with Gasteiger partial charge in [0, 0.05) is 23.7 Å². The van der Waals surface area contributed by atoms with Crippen molar-refractivity contribution in [2.24, 2.45) is 0 Å². The van der Waals surface area contributed by atoms with E-state index in [4.69, 9.17) is 4.98 Å². The zero-order valence-electron chi connectivity index (χ0n) is 19.4. The van der Waals surface area contributed by atoms with Crippen LogP contribution in [0.5, 0.6) is 0 Å². The molecule has 0 saturated carbocycles. The smallest absolute Gasteiger partial charge is 0.231 e. The van der Waals surface area contributed by atoms with Crippen molar-refractivity contribution in [1.29, 1.82) is 0 Å². The third kappa shape index (κ3) is 4.71. The number of nitrogens with one attached hydrogen (secondary N) is 1. The van der Waals surface area contributed by atoms with Gasteiger partial charge in [-0.3, -0.25) is 9.36 Å². The number of fused-ring (bicyclic) bond motifs is 1. The Balaban J connectivity index is 1.48. The number of carbonyl (C=O) groups excluding carboxylic acids is 1. The number of benzene rings is 3. The van der Waals surface area contributed by atoms with Crippen molar-refractivity contribution >= 4 is 23.6 Å². The number of aryl methyl sites for hydroxylation is 2. The van der Waals surface area contributed by atoms with Gasteiger partial charge in [-0.15, -0.1) is 0 Å². The van der Waals surface area contributed by atoms with E-state index in [1.807, 2.05) is 66.9 Å². The molecule has 0 radical (unpaired) electrons. The Kier molecular flexibility index (Phi) is 5.91. The van der Waals surface area contributed by atoms with Crippen molar-refractivity contribution < 1.29 is 13.6 Å². The lowest BCUT2D eigenvalue weighted by atomic mass is 10.1. The fraction of sp³-hybridized carbons (Fsp3) is 0.143. The summed E-state index contributed by atoms with van der Waals surface area (Å²) in [6.07, 6.45) is 3.76. The Labute approximate surface area is 202 Å². The molecule has 1 N–H and O–H groups in total. The molecule has 0 fully saturated rings. The predicted molar refractivity (Wildman–Crippen MR) is 133 cm³/mol. The van der Waals surface area contributed by atoms with Crippen LogP contribution in [0, 0.1) is 25.5 Å². The summed E-state index contributed by atoms with van der Waals surface area (Å²) in [6.45, 7) is 4.27. The van der Waals surface area contributed by atoms with Crippen molar-refractivity contribution in [3.05, 3.63) is 107 Å². The first-order valence-corrected chi connectivity index (χ1v) is 11.3. The first-order valence-electron chi connectivity index (χ1n) is 11.3. The van der Waals surface area contributed by atoms with Crippen molar-refractivity contribution in [1.82, 2.24) is 14.5 Å². The van der Waals surface area contributed by atoms with E-state index in [0.29, 0.717) is 22.9 Å². The minimum atomic E-state index is -0.944. The Hall–Kier alpha value is -4.26. The van der Waals surface area contributed by atoms with Gasteiger partial charge in [0.1, 0.15) is 17.3 Å². The number of amides is 1. The van der Waals surface area contributed by atoms with E-state index in [0.717, 1.165) is 34.5 Å². The van der Waals surface area contributed by atoms with E-state index in [1.54, 1.807) is 17.3 Å². The Morgan fingerprint density at radius 1 is 0.914 bits per heavy atom. The zero-order valence-corrected chi connectivity index (χ0v) is 19.4. The Bertz CT molecular complexity index is 1420. The van der Waals surface area contributed by atoms with Gasteiger partial charge in [-0.1, -0.05) is 47.5 Å². The van der Waals surface area contributed by atoms with Gasteiger partial charge in [0.05, 0.1) is 13.0 Å². The molecular weight excluding hydrogens is 446 g/mol. The highest BCUT2D eigenvalue weighted by molar-refractivity contribution is 5.82. The molecule has 1 aliphatic heterocycles. The average molecular weight is 471 g/mol.